The maximum atomic E-state index is 14.3. The van der Waals surface area contributed by atoms with E-state index in [2.05, 4.69) is 27.5 Å². The van der Waals surface area contributed by atoms with Crippen LogP contribution in [-0.2, 0) is 14.4 Å². The van der Waals surface area contributed by atoms with E-state index in [1.54, 1.807) is 0 Å². The zero-order valence-electron chi connectivity index (χ0n) is 24.3. The number of hydrogen-bond donors (Lipinski definition) is 3. The number of carbonyl (C=O) groups is 3. The molecule has 8 nitrogen and oxygen atoms in total. The van der Waals surface area contributed by atoms with Crippen LogP contribution in [0.5, 0.6) is 0 Å². The van der Waals surface area contributed by atoms with Gasteiger partial charge in [-0.1, -0.05) is 27.2 Å². The highest BCUT2D eigenvalue weighted by Crippen LogP contribution is 2.34. The zero-order valence-corrected chi connectivity index (χ0v) is 24.3. The molecule has 2 heterocycles. The van der Waals surface area contributed by atoms with E-state index in [0.717, 1.165) is 44.6 Å². The van der Waals surface area contributed by atoms with Gasteiger partial charge in [-0.2, -0.15) is 0 Å². The molecule has 10 heteroatoms. The summed E-state index contributed by atoms with van der Waals surface area (Å²) in [6, 6.07) is 2.32. The van der Waals surface area contributed by atoms with E-state index in [9.17, 15) is 23.2 Å². The fourth-order valence-electron chi connectivity index (χ4n) is 6.05. The van der Waals surface area contributed by atoms with Crippen molar-refractivity contribution >= 4 is 17.7 Å². The molecule has 1 aromatic carbocycles. The van der Waals surface area contributed by atoms with E-state index in [-0.39, 0.29) is 54.1 Å². The molecule has 2 aromatic rings. The maximum Gasteiger partial charge on any atom is 0.243 e. The van der Waals surface area contributed by atoms with Crippen molar-refractivity contribution in [2.24, 2.45) is 5.92 Å². The third-order valence-corrected chi connectivity index (χ3v) is 8.41. The number of aromatic amines is 1. The molecule has 3 N–H and O–H groups in total. The van der Waals surface area contributed by atoms with E-state index in [4.69, 9.17) is 0 Å². The Labute approximate surface area is 241 Å². The molecule has 1 aromatic heterocycles. The largest absolute Gasteiger partial charge is 0.351 e. The van der Waals surface area contributed by atoms with Crippen LogP contribution >= 0.6 is 0 Å². The summed E-state index contributed by atoms with van der Waals surface area (Å²) in [5.74, 6) is -1.26. The van der Waals surface area contributed by atoms with Crippen molar-refractivity contribution in [3.8, 4) is 11.3 Å². The van der Waals surface area contributed by atoms with Crippen LogP contribution in [0.1, 0.15) is 96.7 Å². The van der Waals surface area contributed by atoms with Crippen LogP contribution in [0.4, 0.5) is 8.78 Å². The lowest BCUT2D eigenvalue weighted by Crippen LogP contribution is -2.53. The lowest BCUT2D eigenvalue weighted by Gasteiger charge is -2.36. The van der Waals surface area contributed by atoms with Gasteiger partial charge in [-0.05, 0) is 63.0 Å². The van der Waals surface area contributed by atoms with Gasteiger partial charge in [0.25, 0.3) is 0 Å². The van der Waals surface area contributed by atoms with Crippen molar-refractivity contribution in [3.63, 3.8) is 0 Å². The summed E-state index contributed by atoms with van der Waals surface area (Å²) >= 11 is 0. The van der Waals surface area contributed by atoms with E-state index in [1.807, 2.05) is 18.7 Å². The Kier molecular flexibility index (Phi) is 10.5. The molecular weight excluding hydrogens is 528 g/mol. The van der Waals surface area contributed by atoms with Crippen molar-refractivity contribution in [1.82, 2.24) is 25.5 Å². The van der Waals surface area contributed by atoms with Crippen LogP contribution < -0.4 is 10.6 Å². The Balaban J connectivity index is 1.47. The molecular formula is C31H43F2N5O3. The molecule has 3 amide bonds. The van der Waals surface area contributed by atoms with Crippen LogP contribution in [0.3, 0.4) is 0 Å². The highest BCUT2D eigenvalue weighted by atomic mass is 19.1. The lowest BCUT2D eigenvalue weighted by atomic mass is 9.98. The number of imidazole rings is 1. The van der Waals surface area contributed by atoms with Crippen molar-refractivity contribution in [2.45, 2.75) is 109 Å². The van der Waals surface area contributed by atoms with Crippen molar-refractivity contribution in [3.05, 3.63) is 41.9 Å². The second-order valence-corrected chi connectivity index (χ2v) is 11.9. The summed E-state index contributed by atoms with van der Waals surface area (Å²) in [6.07, 6.45) is 8.59. The van der Waals surface area contributed by atoms with Crippen LogP contribution in [-0.4, -0.2) is 57.3 Å². The molecule has 2 fully saturated rings. The molecule has 0 unspecified atom stereocenters. The number of amides is 3. The minimum atomic E-state index is -0.969. The summed E-state index contributed by atoms with van der Waals surface area (Å²) < 4.78 is 27.7. The molecule has 224 valence electrons. The predicted octanol–water partition coefficient (Wildman–Crippen LogP) is 5.21. The fraction of sp³-hybridized carbons (Fsp3) is 0.613. The first-order valence-corrected chi connectivity index (χ1v) is 15.1. The molecule has 1 aliphatic heterocycles. The highest BCUT2D eigenvalue weighted by molar-refractivity contribution is 5.92. The molecule has 4 atom stereocenters. The SMILES string of the molecule is CC[C@H]1CCCCN1C(=O)C[C@H](NC(=O)CCC(C)C)C(=O)N[C@@H]1CCC[C@H]1c1ncc(-c2ccc(F)cc2F)[nH]1. The number of halogens is 2. The zero-order chi connectivity index (χ0) is 29.5. The highest BCUT2D eigenvalue weighted by Gasteiger charge is 2.36. The monoisotopic (exact) mass is 571 g/mol. The Morgan fingerprint density at radius 3 is 2.66 bits per heavy atom. The fourth-order valence-corrected chi connectivity index (χ4v) is 6.05. The van der Waals surface area contributed by atoms with Gasteiger partial charge in [-0.25, -0.2) is 13.8 Å². The van der Waals surface area contributed by atoms with E-state index in [0.29, 0.717) is 36.8 Å². The normalized spacial score (nSPS) is 21.6. The quantitative estimate of drug-likeness (QED) is 0.344. The number of hydrogen-bond acceptors (Lipinski definition) is 4. The number of carbonyl (C=O) groups excluding carboxylic acids is 3. The van der Waals surface area contributed by atoms with Gasteiger partial charge in [-0.15, -0.1) is 0 Å². The first-order chi connectivity index (χ1) is 19.7. The number of benzene rings is 1. The third-order valence-electron chi connectivity index (χ3n) is 8.41. The van der Waals surface area contributed by atoms with Gasteiger partial charge in [0, 0.05) is 42.6 Å². The van der Waals surface area contributed by atoms with Crippen molar-refractivity contribution in [2.75, 3.05) is 6.54 Å². The Bertz CT molecular complexity index is 1220. The molecule has 0 spiro atoms. The van der Waals surface area contributed by atoms with E-state index >= 15 is 0 Å². The molecule has 2 aliphatic rings. The molecule has 1 saturated carbocycles. The number of rotatable bonds is 11. The van der Waals surface area contributed by atoms with Gasteiger partial charge in [0.2, 0.25) is 17.7 Å². The molecule has 0 bridgehead atoms. The standard InChI is InChI=1S/C31H43F2N5O3/c1-4-21-8-5-6-15-38(21)29(40)17-26(35-28(39)14-11-19(2)3)31(41)37-25-10-7-9-23(25)30-34-18-27(36-30)22-13-12-20(32)16-24(22)33/h12-13,16,18-19,21,23,25-26H,4-11,14-15,17H2,1-3H3,(H,34,36)(H,35,39)(H,37,41)/t21-,23+,25+,26-/m0/s1. The van der Waals surface area contributed by atoms with Gasteiger partial charge >= 0.3 is 0 Å². The minimum Gasteiger partial charge on any atom is -0.351 e. The number of likely N-dealkylation sites (tertiary alicyclic amines) is 1. The second-order valence-electron chi connectivity index (χ2n) is 11.9. The van der Waals surface area contributed by atoms with Gasteiger partial charge in [-0.3, -0.25) is 14.4 Å². The number of aromatic nitrogens is 2. The van der Waals surface area contributed by atoms with Gasteiger partial charge in [0.05, 0.1) is 18.3 Å². The molecule has 1 saturated heterocycles. The van der Waals surface area contributed by atoms with Crippen molar-refractivity contribution in [1.29, 1.82) is 0 Å². The average molecular weight is 572 g/mol. The maximum absolute atomic E-state index is 14.3. The minimum absolute atomic E-state index is 0.0815. The summed E-state index contributed by atoms with van der Waals surface area (Å²) in [4.78, 5) is 49.2. The second kappa shape index (κ2) is 14.0. The summed E-state index contributed by atoms with van der Waals surface area (Å²) in [5.41, 5.74) is 0.650. The van der Waals surface area contributed by atoms with Gasteiger partial charge < -0.3 is 20.5 Å². The predicted molar refractivity (Wildman–Crippen MR) is 153 cm³/mol. The molecule has 1 aliphatic carbocycles. The van der Waals surface area contributed by atoms with E-state index < -0.39 is 17.7 Å². The average Bonchev–Trinajstić information content (AvgIpc) is 3.61. The first-order valence-electron chi connectivity index (χ1n) is 15.1. The Morgan fingerprint density at radius 2 is 1.93 bits per heavy atom. The number of piperidine rings is 1. The Morgan fingerprint density at radius 1 is 1.12 bits per heavy atom. The lowest BCUT2D eigenvalue weighted by molar-refractivity contribution is -0.139. The van der Waals surface area contributed by atoms with E-state index in [1.165, 1.54) is 18.3 Å². The molecule has 0 radical (unpaired) electrons. The molecule has 41 heavy (non-hydrogen) atoms. The van der Waals surface area contributed by atoms with Crippen LogP contribution in [0, 0.1) is 17.6 Å². The summed E-state index contributed by atoms with van der Waals surface area (Å²) in [7, 11) is 0. The van der Waals surface area contributed by atoms with Gasteiger partial charge in [0.15, 0.2) is 0 Å². The number of H-pyrrole nitrogens is 1. The van der Waals surface area contributed by atoms with Crippen LogP contribution in [0.15, 0.2) is 24.4 Å². The van der Waals surface area contributed by atoms with Crippen LogP contribution in [0.25, 0.3) is 11.3 Å². The van der Waals surface area contributed by atoms with Crippen LogP contribution in [0.2, 0.25) is 0 Å². The number of nitrogens with one attached hydrogen (secondary N) is 3. The molecule has 4 rings (SSSR count). The Hall–Kier alpha value is -3.30. The smallest absolute Gasteiger partial charge is 0.243 e. The number of nitrogens with zero attached hydrogens (tertiary/aromatic N) is 2. The summed E-state index contributed by atoms with van der Waals surface area (Å²) in [5, 5.41) is 5.94. The first kappa shape index (κ1) is 30.7. The topological polar surface area (TPSA) is 107 Å². The summed E-state index contributed by atoms with van der Waals surface area (Å²) in [6.45, 7) is 6.81. The van der Waals surface area contributed by atoms with Crippen molar-refractivity contribution < 1.29 is 23.2 Å². The third kappa shape index (κ3) is 7.92. The van der Waals surface area contributed by atoms with Gasteiger partial charge in [0.1, 0.15) is 23.5 Å².